The largest absolute Gasteiger partial charge is 0.372 e. The van der Waals surface area contributed by atoms with E-state index in [4.69, 9.17) is 0 Å². The van der Waals surface area contributed by atoms with Gasteiger partial charge in [-0.05, 0) is 53.1 Å². The molecule has 1 N–H and O–H groups in total. The number of para-hydroxylation sites is 1. The molecule has 2 aromatic carbocycles. The van der Waals surface area contributed by atoms with Gasteiger partial charge in [-0.25, -0.2) is 0 Å². The Kier molecular flexibility index (Phi) is 4.10. The highest BCUT2D eigenvalue weighted by molar-refractivity contribution is 5.49. The molecule has 0 saturated carbocycles. The fourth-order valence-electron chi connectivity index (χ4n) is 3.02. The third-order valence-corrected chi connectivity index (χ3v) is 4.33. The van der Waals surface area contributed by atoms with Crippen LogP contribution in [-0.2, 0) is 6.54 Å². The minimum Gasteiger partial charge on any atom is -0.372 e. The van der Waals surface area contributed by atoms with E-state index >= 15 is 0 Å². The molecule has 6 nitrogen and oxygen atoms in total. The number of hydrogen-bond donors (Lipinski definition) is 1. The van der Waals surface area contributed by atoms with Crippen LogP contribution in [0, 0.1) is 0 Å². The van der Waals surface area contributed by atoms with Gasteiger partial charge in [-0.15, -0.1) is 0 Å². The highest BCUT2D eigenvalue weighted by Crippen LogP contribution is 2.20. The van der Waals surface area contributed by atoms with Crippen LogP contribution in [0.25, 0.3) is 5.69 Å². The van der Waals surface area contributed by atoms with Gasteiger partial charge < -0.3 is 10.2 Å². The summed E-state index contributed by atoms with van der Waals surface area (Å²) in [6, 6.07) is 18.6. The Bertz CT molecular complexity index is 775. The lowest BCUT2D eigenvalue weighted by Gasteiger charge is -2.17. The summed E-state index contributed by atoms with van der Waals surface area (Å²) in [7, 11) is 0. The van der Waals surface area contributed by atoms with E-state index < -0.39 is 0 Å². The SMILES string of the molecule is c1ccc(-n2nnnc2NCc2ccc(N3CCCC3)cc2)cc1. The predicted octanol–water partition coefficient (Wildman–Crippen LogP) is 2.87. The topological polar surface area (TPSA) is 58.9 Å². The van der Waals surface area contributed by atoms with E-state index in [2.05, 4.69) is 50.0 Å². The molecule has 6 heteroatoms. The molecule has 3 aromatic rings. The zero-order chi connectivity index (χ0) is 16.2. The average Bonchev–Trinajstić information content (AvgIpc) is 3.33. The van der Waals surface area contributed by atoms with E-state index in [1.54, 1.807) is 4.68 Å². The van der Waals surface area contributed by atoms with Gasteiger partial charge in [0.15, 0.2) is 0 Å². The molecule has 2 heterocycles. The van der Waals surface area contributed by atoms with Crippen LogP contribution in [0.5, 0.6) is 0 Å². The average molecular weight is 320 g/mol. The molecule has 1 fully saturated rings. The third kappa shape index (κ3) is 3.08. The lowest BCUT2D eigenvalue weighted by molar-refractivity contribution is 0.789. The molecule has 24 heavy (non-hydrogen) atoms. The van der Waals surface area contributed by atoms with E-state index in [1.807, 2.05) is 30.3 Å². The van der Waals surface area contributed by atoms with Crippen molar-refractivity contribution in [3.63, 3.8) is 0 Å². The summed E-state index contributed by atoms with van der Waals surface area (Å²) in [5.74, 6) is 0.643. The predicted molar refractivity (Wildman–Crippen MR) is 94.4 cm³/mol. The van der Waals surface area contributed by atoms with Crippen molar-refractivity contribution in [3.8, 4) is 5.69 Å². The van der Waals surface area contributed by atoms with Gasteiger partial charge in [0, 0.05) is 25.3 Å². The normalized spacial score (nSPS) is 14.1. The highest BCUT2D eigenvalue weighted by atomic mass is 15.6. The Hall–Kier alpha value is -2.89. The zero-order valence-corrected chi connectivity index (χ0v) is 13.5. The first-order valence-corrected chi connectivity index (χ1v) is 8.32. The molecule has 0 bridgehead atoms. The summed E-state index contributed by atoms with van der Waals surface area (Å²) >= 11 is 0. The lowest BCUT2D eigenvalue weighted by Crippen LogP contribution is -2.17. The standard InChI is InChI=1S/C18H20N6/c1-2-6-17(7-3-1)24-18(20-21-22-24)19-14-15-8-10-16(11-9-15)23-12-4-5-13-23/h1-3,6-11H,4-5,12-14H2,(H,19,20,22). The molecule has 1 aliphatic rings. The van der Waals surface area contributed by atoms with Gasteiger partial charge in [-0.2, -0.15) is 4.68 Å². The number of benzene rings is 2. The Balaban J connectivity index is 1.43. The van der Waals surface area contributed by atoms with Crippen LogP contribution in [0.3, 0.4) is 0 Å². The molecule has 122 valence electrons. The first-order valence-electron chi connectivity index (χ1n) is 8.32. The molecular weight excluding hydrogens is 300 g/mol. The Morgan fingerprint density at radius 3 is 2.38 bits per heavy atom. The molecule has 1 aromatic heterocycles. The van der Waals surface area contributed by atoms with E-state index in [0.29, 0.717) is 12.5 Å². The number of hydrogen-bond acceptors (Lipinski definition) is 5. The van der Waals surface area contributed by atoms with Crippen LogP contribution in [0.4, 0.5) is 11.6 Å². The maximum Gasteiger partial charge on any atom is 0.248 e. The number of nitrogens with one attached hydrogen (secondary N) is 1. The van der Waals surface area contributed by atoms with Gasteiger partial charge in [-0.1, -0.05) is 35.4 Å². The molecule has 4 rings (SSSR count). The summed E-state index contributed by atoms with van der Waals surface area (Å²) in [5, 5.41) is 15.2. The lowest BCUT2D eigenvalue weighted by atomic mass is 10.2. The van der Waals surface area contributed by atoms with Crippen LogP contribution < -0.4 is 10.2 Å². The van der Waals surface area contributed by atoms with Crippen molar-refractivity contribution in [3.05, 3.63) is 60.2 Å². The van der Waals surface area contributed by atoms with Gasteiger partial charge in [0.25, 0.3) is 0 Å². The van der Waals surface area contributed by atoms with Crippen LogP contribution in [0.1, 0.15) is 18.4 Å². The minimum atomic E-state index is 0.643. The fourth-order valence-corrected chi connectivity index (χ4v) is 3.02. The summed E-state index contributed by atoms with van der Waals surface area (Å²) in [5.41, 5.74) is 3.46. The highest BCUT2D eigenvalue weighted by Gasteiger charge is 2.12. The molecule has 0 atom stereocenters. The molecule has 0 aliphatic carbocycles. The van der Waals surface area contributed by atoms with Crippen LogP contribution in [-0.4, -0.2) is 33.3 Å². The number of anilines is 2. The van der Waals surface area contributed by atoms with Crippen LogP contribution in [0.15, 0.2) is 54.6 Å². The molecule has 0 spiro atoms. The number of aromatic nitrogens is 4. The van der Waals surface area contributed by atoms with Gasteiger partial charge >= 0.3 is 0 Å². The number of nitrogens with zero attached hydrogens (tertiary/aromatic N) is 5. The van der Waals surface area contributed by atoms with Crippen molar-refractivity contribution in [2.24, 2.45) is 0 Å². The fraction of sp³-hybridized carbons (Fsp3) is 0.278. The molecular formula is C18H20N6. The smallest absolute Gasteiger partial charge is 0.248 e. The molecule has 0 unspecified atom stereocenters. The van der Waals surface area contributed by atoms with Crippen LogP contribution >= 0.6 is 0 Å². The first kappa shape index (κ1) is 14.7. The molecule has 1 saturated heterocycles. The maximum absolute atomic E-state index is 4.07. The van der Waals surface area contributed by atoms with Gasteiger partial charge in [-0.3, -0.25) is 0 Å². The third-order valence-electron chi connectivity index (χ3n) is 4.33. The van der Waals surface area contributed by atoms with E-state index in [0.717, 1.165) is 5.69 Å². The summed E-state index contributed by atoms with van der Waals surface area (Å²) in [6.45, 7) is 3.03. The van der Waals surface area contributed by atoms with Crippen molar-refractivity contribution in [1.82, 2.24) is 20.2 Å². The summed E-state index contributed by atoms with van der Waals surface area (Å²) < 4.78 is 1.71. The van der Waals surface area contributed by atoms with Gasteiger partial charge in [0.1, 0.15) is 0 Å². The number of rotatable bonds is 5. The second-order valence-corrected chi connectivity index (χ2v) is 5.96. The zero-order valence-electron chi connectivity index (χ0n) is 13.5. The van der Waals surface area contributed by atoms with Crippen molar-refractivity contribution in [1.29, 1.82) is 0 Å². The second kappa shape index (κ2) is 6.70. The maximum atomic E-state index is 4.07. The van der Waals surface area contributed by atoms with E-state index in [9.17, 15) is 0 Å². The van der Waals surface area contributed by atoms with Crippen LogP contribution in [0.2, 0.25) is 0 Å². The number of tetrazole rings is 1. The van der Waals surface area contributed by atoms with Crippen molar-refractivity contribution in [2.45, 2.75) is 19.4 Å². The van der Waals surface area contributed by atoms with E-state index in [-0.39, 0.29) is 0 Å². The first-order chi connectivity index (χ1) is 11.9. The second-order valence-electron chi connectivity index (χ2n) is 5.96. The summed E-state index contributed by atoms with van der Waals surface area (Å²) in [6.07, 6.45) is 2.59. The Morgan fingerprint density at radius 2 is 1.62 bits per heavy atom. The Labute approximate surface area is 141 Å². The molecule has 0 amide bonds. The molecule has 1 aliphatic heterocycles. The summed E-state index contributed by atoms with van der Waals surface area (Å²) in [4.78, 5) is 2.44. The van der Waals surface area contributed by atoms with Crippen molar-refractivity contribution >= 4 is 11.6 Å². The van der Waals surface area contributed by atoms with E-state index in [1.165, 1.54) is 37.2 Å². The van der Waals surface area contributed by atoms with Gasteiger partial charge in [0.2, 0.25) is 5.95 Å². The minimum absolute atomic E-state index is 0.643. The monoisotopic (exact) mass is 320 g/mol. The van der Waals surface area contributed by atoms with Crippen molar-refractivity contribution < 1.29 is 0 Å². The Morgan fingerprint density at radius 1 is 0.875 bits per heavy atom. The van der Waals surface area contributed by atoms with Crippen molar-refractivity contribution in [2.75, 3.05) is 23.3 Å². The van der Waals surface area contributed by atoms with Gasteiger partial charge in [0.05, 0.1) is 5.69 Å². The quantitative estimate of drug-likeness (QED) is 0.783. The molecule has 0 radical (unpaired) electrons.